The van der Waals surface area contributed by atoms with E-state index in [0.717, 1.165) is 30.3 Å². The van der Waals surface area contributed by atoms with Crippen molar-refractivity contribution in [3.05, 3.63) is 77.7 Å². The molecule has 3 aromatic rings. The van der Waals surface area contributed by atoms with E-state index in [4.69, 9.17) is 0 Å². The molecule has 0 aliphatic carbocycles. The highest BCUT2D eigenvalue weighted by Gasteiger charge is 2.23. The number of benzene rings is 1. The van der Waals surface area contributed by atoms with E-state index in [9.17, 15) is 4.79 Å². The summed E-state index contributed by atoms with van der Waals surface area (Å²) in [6.45, 7) is 7.03. The number of hydrogen-bond acceptors (Lipinski definition) is 5. The zero-order valence-corrected chi connectivity index (χ0v) is 16.8. The van der Waals surface area contributed by atoms with Gasteiger partial charge in [0, 0.05) is 44.3 Å². The van der Waals surface area contributed by atoms with Gasteiger partial charge in [-0.3, -0.25) is 9.78 Å². The molecule has 0 radical (unpaired) electrons. The second-order valence-electron chi connectivity index (χ2n) is 7.43. The predicted octanol–water partition coefficient (Wildman–Crippen LogP) is 3.80. The molecule has 148 valence electrons. The highest BCUT2D eigenvalue weighted by atomic mass is 16.2. The number of rotatable bonds is 4. The number of aromatic nitrogens is 2. The van der Waals surface area contributed by atoms with E-state index < -0.39 is 0 Å². The Morgan fingerprint density at radius 2 is 1.69 bits per heavy atom. The van der Waals surface area contributed by atoms with Crippen molar-refractivity contribution in [1.29, 1.82) is 0 Å². The summed E-state index contributed by atoms with van der Waals surface area (Å²) in [5, 5.41) is 3.36. The van der Waals surface area contributed by atoms with Crippen LogP contribution in [-0.2, 0) is 0 Å². The Balaban J connectivity index is 1.42. The van der Waals surface area contributed by atoms with Crippen LogP contribution in [0.5, 0.6) is 0 Å². The van der Waals surface area contributed by atoms with Crippen molar-refractivity contribution in [3.8, 4) is 0 Å². The van der Waals surface area contributed by atoms with Crippen LogP contribution in [0.2, 0.25) is 0 Å². The fraction of sp³-hybridized carbons (Fsp3) is 0.261. The predicted molar refractivity (Wildman–Crippen MR) is 116 cm³/mol. The van der Waals surface area contributed by atoms with E-state index in [2.05, 4.69) is 52.2 Å². The summed E-state index contributed by atoms with van der Waals surface area (Å²) < 4.78 is 0. The first-order valence-corrected chi connectivity index (χ1v) is 9.84. The Labute approximate surface area is 171 Å². The van der Waals surface area contributed by atoms with Crippen molar-refractivity contribution < 1.29 is 4.79 Å². The number of carbonyl (C=O) groups is 1. The summed E-state index contributed by atoms with van der Waals surface area (Å²) in [4.78, 5) is 25.7. The summed E-state index contributed by atoms with van der Waals surface area (Å²) >= 11 is 0. The van der Waals surface area contributed by atoms with Crippen molar-refractivity contribution in [2.75, 3.05) is 36.4 Å². The minimum atomic E-state index is 0.0160. The van der Waals surface area contributed by atoms with E-state index in [1.807, 2.05) is 29.2 Å². The average Bonchev–Trinajstić information content (AvgIpc) is 2.73. The Hall–Kier alpha value is -3.41. The van der Waals surface area contributed by atoms with E-state index in [1.54, 1.807) is 18.6 Å². The Kier molecular flexibility index (Phi) is 5.42. The van der Waals surface area contributed by atoms with Gasteiger partial charge in [0.15, 0.2) is 0 Å². The third kappa shape index (κ3) is 4.54. The Morgan fingerprint density at radius 1 is 0.931 bits per heavy atom. The zero-order chi connectivity index (χ0) is 20.2. The lowest BCUT2D eigenvalue weighted by molar-refractivity contribution is 0.0746. The van der Waals surface area contributed by atoms with E-state index in [0.29, 0.717) is 18.7 Å². The van der Waals surface area contributed by atoms with Gasteiger partial charge in [-0.25, -0.2) is 4.98 Å². The topological polar surface area (TPSA) is 61.4 Å². The number of aryl methyl sites for hydroxylation is 2. The number of nitrogens with zero attached hydrogens (tertiary/aromatic N) is 4. The minimum absolute atomic E-state index is 0.0160. The third-order valence-corrected chi connectivity index (χ3v) is 5.04. The van der Waals surface area contributed by atoms with Crippen molar-refractivity contribution in [2.24, 2.45) is 0 Å². The van der Waals surface area contributed by atoms with E-state index >= 15 is 0 Å². The number of pyridine rings is 2. The van der Waals surface area contributed by atoms with Crippen LogP contribution < -0.4 is 10.2 Å². The van der Waals surface area contributed by atoms with Crippen molar-refractivity contribution in [3.63, 3.8) is 0 Å². The quantitative estimate of drug-likeness (QED) is 0.738. The lowest BCUT2D eigenvalue weighted by atomic mass is 10.1. The first kappa shape index (κ1) is 18.9. The van der Waals surface area contributed by atoms with Gasteiger partial charge in [-0.1, -0.05) is 12.1 Å². The molecule has 1 amide bonds. The maximum Gasteiger partial charge on any atom is 0.255 e. The molecule has 0 spiro atoms. The van der Waals surface area contributed by atoms with Gasteiger partial charge in [0.25, 0.3) is 5.91 Å². The van der Waals surface area contributed by atoms with Gasteiger partial charge in [0.2, 0.25) is 0 Å². The first-order valence-electron chi connectivity index (χ1n) is 9.84. The molecule has 4 rings (SSSR count). The lowest BCUT2D eigenvalue weighted by Gasteiger charge is -2.35. The van der Waals surface area contributed by atoms with Crippen molar-refractivity contribution in [2.45, 2.75) is 13.8 Å². The molecule has 1 fully saturated rings. The molecule has 29 heavy (non-hydrogen) atoms. The van der Waals surface area contributed by atoms with Crippen LogP contribution in [0.1, 0.15) is 21.5 Å². The maximum absolute atomic E-state index is 13.0. The standard InChI is InChI=1S/C23H25N5O/c1-17-11-18(2)13-20(12-17)26-21-14-19(15-24-16-21)23(29)28-9-7-27(8-10-28)22-5-3-4-6-25-22/h3-6,11-16,26H,7-10H2,1-2H3. The molecule has 3 heterocycles. The van der Waals surface area contributed by atoms with Gasteiger partial charge in [-0.2, -0.15) is 0 Å². The minimum Gasteiger partial charge on any atom is -0.354 e. The molecule has 0 saturated carbocycles. The number of anilines is 3. The van der Waals surface area contributed by atoms with Crippen LogP contribution in [0.3, 0.4) is 0 Å². The second kappa shape index (κ2) is 8.31. The number of piperazine rings is 1. The molecule has 6 heteroatoms. The first-order chi connectivity index (χ1) is 14.1. The molecule has 1 aromatic carbocycles. The monoisotopic (exact) mass is 387 g/mol. The van der Waals surface area contributed by atoms with Gasteiger partial charge in [0.1, 0.15) is 5.82 Å². The largest absolute Gasteiger partial charge is 0.354 e. The molecule has 1 aliphatic rings. The number of nitrogens with one attached hydrogen (secondary N) is 1. The van der Waals surface area contributed by atoms with Crippen LogP contribution in [0.15, 0.2) is 61.1 Å². The summed E-state index contributed by atoms with van der Waals surface area (Å²) in [5.74, 6) is 0.975. The highest BCUT2D eigenvalue weighted by Crippen LogP contribution is 2.21. The van der Waals surface area contributed by atoms with Crippen LogP contribution in [0, 0.1) is 13.8 Å². The molecule has 6 nitrogen and oxygen atoms in total. The summed E-state index contributed by atoms with van der Waals surface area (Å²) in [5.41, 5.74) is 4.80. The van der Waals surface area contributed by atoms with E-state index in [-0.39, 0.29) is 5.91 Å². The molecule has 0 bridgehead atoms. The van der Waals surface area contributed by atoms with Gasteiger partial charge in [0.05, 0.1) is 17.4 Å². The van der Waals surface area contributed by atoms with Gasteiger partial charge in [-0.15, -0.1) is 0 Å². The summed E-state index contributed by atoms with van der Waals surface area (Å²) in [6, 6.07) is 14.1. The van der Waals surface area contributed by atoms with Gasteiger partial charge in [-0.05, 0) is 55.3 Å². The third-order valence-electron chi connectivity index (χ3n) is 5.04. The number of carbonyl (C=O) groups excluding carboxylic acids is 1. The normalized spacial score (nSPS) is 14.0. The van der Waals surface area contributed by atoms with Crippen molar-refractivity contribution >= 4 is 23.1 Å². The molecular formula is C23H25N5O. The SMILES string of the molecule is Cc1cc(C)cc(Nc2cncc(C(=O)N3CCN(c4ccccn4)CC3)c2)c1. The maximum atomic E-state index is 13.0. The van der Waals surface area contributed by atoms with Crippen LogP contribution in [0.4, 0.5) is 17.2 Å². The summed E-state index contributed by atoms with van der Waals surface area (Å²) in [6.07, 6.45) is 5.18. The second-order valence-corrected chi connectivity index (χ2v) is 7.43. The highest BCUT2D eigenvalue weighted by molar-refractivity contribution is 5.95. The molecule has 1 saturated heterocycles. The lowest BCUT2D eigenvalue weighted by Crippen LogP contribution is -2.49. The van der Waals surface area contributed by atoms with Crippen LogP contribution in [0.25, 0.3) is 0 Å². The van der Waals surface area contributed by atoms with Gasteiger partial charge < -0.3 is 15.1 Å². The molecule has 1 N–H and O–H groups in total. The summed E-state index contributed by atoms with van der Waals surface area (Å²) in [7, 11) is 0. The molecule has 0 atom stereocenters. The average molecular weight is 387 g/mol. The van der Waals surface area contributed by atoms with E-state index in [1.165, 1.54) is 11.1 Å². The Morgan fingerprint density at radius 3 is 2.38 bits per heavy atom. The van der Waals surface area contributed by atoms with Crippen LogP contribution in [-0.4, -0.2) is 47.0 Å². The zero-order valence-electron chi connectivity index (χ0n) is 16.8. The molecule has 2 aromatic heterocycles. The van der Waals surface area contributed by atoms with Crippen molar-refractivity contribution in [1.82, 2.24) is 14.9 Å². The number of amides is 1. The molecule has 1 aliphatic heterocycles. The fourth-order valence-corrected chi connectivity index (χ4v) is 3.70. The fourth-order valence-electron chi connectivity index (χ4n) is 3.70. The Bertz CT molecular complexity index is 977. The molecular weight excluding hydrogens is 362 g/mol. The smallest absolute Gasteiger partial charge is 0.255 e. The molecule has 0 unspecified atom stereocenters. The van der Waals surface area contributed by atoms with Crippen LogP contribution >= 0.6 is 0 Å². The van der Waals surface area contributed by atoms with Gasteiger partial charge >= 0.3 is 0 Å². The number of hydrogen-bond donors (Lipinski definition) is 1.